The van der Waals surface area contributed by atoms with E-state index >= 15 is 0 Å². The van der Waals surface area contributed by atoms with Crippen molar-refractivity contribution in [2.75, 3.05) is 13.1 Å². The summed E-state index contributed by atoms with van der Waals surface area (Å²) < 4.78 is 7.52. The average Bonchev–Trinajstić information content (AvgIpc) is 3.46. The van der Waals surface area contributed by atoms with E-state index in [9.17, 15) is 9.59 Å². The number of fused-ring (bicyclic) bond motifs is 1. The second-order valence-corrected chi connectivity index (χ2v) is 9.43. The highest BCUT2D eigenvalue weighted by molar-refractivity contribution is 6.00. The number of nitrogens with one attached hydrogen (secondary N) is 1. The van der Waals surface area contributed by atoms with E-state index in [4.69, 9.17) is 4.42 Å². The molecule has 3 aromatic rings. The molecule has 0 unspecified atom stereocenters. The molecule has 1 aliphatic rings. The van der Waals surface area contributed by atoms with Gasteiger partial charge in [-0.15, -0.1) is 0 Å². The zero-order chi connectivity index (χ0) is 23.4. The van der Waals surface area contributed by atoms with Crippen LogP contribution in [0.2, 0.25) is 0 Å². The number of rotatable bonds is 9. The van der Waals surface area contributed by atoms with E-state index in [2.05, 4.69) is 31.3 Å². The van der Waals surface area contributed by atoms with Crippen LogP contribution in [0.1, 0.15) is 49.7 Å². The molecule has 1 N–H and O–H groups in total. The van der Waals surface area contributed by atoms with Crippen molar-refractivity contribution in [1.82, 2.24) is 14.8 Å². The first kappa shape index (κ1) is 22.9. The predicted octanol–water partition coefficient (Wildman–Crippen LogP) is 4.76. The van der Waals surface area contributed by atoms with Gasteiger partial charge in [-0.05, 0) is 61.9 Å². The molecule has 3 heterocycles. The topological polar surface area (TPSA) is 67.5 Å². The minimum absolute atomic E-state index is 0.110. The molecule has 1 aliphatic heterocycles. The number of benzene rings is 1. The monoisotopic (exact) mass is 447 g/mol. The van der Waals surface area contributed by atoms with Crippen LogP contribution in [0.25, 0.3) is 11.5 Å². The van der Waals surface area contributed by atoms with Gasteiger partial charge in [-0.25, -0.2) is 0 Å². The Morgan fingerprint density at radius 3 is 2.55 bits per heavy atom. The van der Waals surface area contributed by atoms with Gasteiger partial charge in [0.25, 0.3) is 5.91 Å². The van der Waals surface area contributed by atoms with Crippen LogP contribution in [-0.4, -0.2) is 39.9 Å². The zero-order valence-corrected chi connectivity index (χ0v) is 19.7. The van der Waals surface area contributed by atoms with Gasteiger partial charge in [-0.2, -0.15) is 0 Å². The Hall–Kier alpha value is -3.28. The van der Waals surface area contributed by atoms with Crippen molar-refractivity contribution in [2.45, 2.75) is 52.1 Å². The zero-order valence-electron chi connectivity index (χ0n) is 19.7. The Bertz CT molecular complexity index is 1090. The fraction of sp³-hybridized carbons (Fsp3) is 0.407. The maximum Gasteiger partial charge on any atom is 0.271 e. The highest BCUT2D eigenvalue weighted by Gasteiger charge is 2.47. The SMILES string of the molecule is CC(C)CCNC(=O)[C@]1(C)Cn2c(ccc2-c2ccco2)C(=O)N1CCCc1ccccc1. The van der Waals surface area contributed by atoms with Crippen molar-refractivity contribution < 1.29 is 14.0 Å². The van der Waals surface area contributed by atoms with Crippen LogP contribution in [0.3, 0.4) is 0 Å². The Balaban J connectivity index is 1.60. The summed E-state index contributed by atoms with van der Waals surface area (Å²) in [7, 11) is 0. The van der Waals surface area contributed by atoms with E-state index < -0.39 is 5.54 Å². The molecule has 0 aliphatic carbocycles. The summed E-state index contributed by atoms with van der Waals surface area (Å²) in [4.78, 5) is 28.9. The van der Waals surface area contributed by atoms with Gasteiger partial charge in [0, 0.05) is 13.1 Å². The summed E-state index contributed by atoms with van der Waals surface area (Å²) in [5.74, 6) is 0.957. The van der Waals surface area contributed by atoms with Crippen LogP contribution in [-0.2, 0) is 17.8 Å². The standard InChI is InChI=1S/C27H33N3O3/c1-20(2)15-16-28-26(32)27(3)19-29-22(24-12-8-18-33-24)13-14-23(29)25(31)30(27)17-7-11-21-9-5-4-6-10-21/h4-6,8-10,12-14,18,20H,7,11,15-17,19H2,1-3H3,(H,28,32)/t27-/m0/s1. The van der Waals surface area contributed by atoms with Gasteiger partial charge in [0.1, 0.15) is 17.0 Å². The average molecular weight is 448 g/mol. The Morgan fingerprint density at radius 2 is 1.85 bits per heavy atom. The van der Waals surface area contributed by atoms with Crippen LogP contribution in [0.4, 0.5) is 0 Å². The van der Waals surface area contributed by atoms with Crippen molar-refractivity contribution >= 4 is 11.8 Å². The molecule has 0 saturated heterocycles. The predicted molar refractivity (Wildman–Crippen MR) is 129 cm³/mol. The van der Waals surface area contributed by atoms with Crippen molar-refractivity contribution in [3.8, 4) is 11.5 Å². The number of furan rings is 1. The molecule has 33 heavy (non-hydrogen) atoms. The van der Waals surface area contributed by atoms with Gasteiger partial charge in [0.2, 0.25) is 5.91 Å². The molecule has 1 atom stereocenters. The van der Waals surface area contributed by atoms with Crippen LogP contribution in [0.15, 0.2) is 65.3 Å². The van der Waals surface area contributed by atoms with Gasteiger partial charge in [-0.1, -0.05) is 44.2 Å². The van der Waals surface area contributed by atoms with Crippen LogP contribution >= 0.6 is 0 Å². The van der Waals surface area contributed by atoms with Crippen molar-refractivity contribution in [3.05, 3.63) is 72.1 Å². The summed E-state index contributed by atoms with van der Waals surface area (Å²) >= 11 is 0. The number of carbonyl (C=O) groups excluding carboxylic acids is 2. The molecular formula is C27H33N3O3. The Kier molecular flexibility index (Phi) is 6.72. The Labute approximate surface area is 195 Å². The fourth-order valence-corrected chi connectivity index (χ4v) is 4.51. The van der Waals surface area contributed by atoms with Gasteiger partial charge in [-0.3, -0.25) is 9.59 Å². The molecule has 6 heteroatoms. The van der Waals surface area contributed by atoms with Crippen LogP contribution in [0, 0.1) is 5.92 Å². The second kappa shape index (κ2) is 9.69. The maximum atomic E-state index is 13.6. The third kappa shape index (κ3) is 4.75. The summed E-state index contributed by atoms with van der Waals surface area (Å²) in [6.45, 7) is 7.65. The number of hydrogen-bond acceptors (Lipinski definition) is 3. The quantitative estimate of drug-likeness (QED) is 0.514. The summed E-state index contributed by atoms with van der Waals surface area (Å²) in [5, 5.41) is 3.09. The summed E-state index contributed by atoms with van der Waals surface area (Å²) in [6.07, 6.45) is 4.16. The lowest BCUT2D eigenvalue weighted by atomic mass is 9.93. The summed E-state index contributed by atoms with van der Waals surface area (Å²) in [5.41, 5.74) is 1.65. The molecule has 0 spiro atoms. The van der Waals surface area contributed by atoms with Gasteiger partial charge in [0.05, 0.1) is 18.5 Å². The van der Waals surface area contributed by atoms with Crippen molar-refractivity contribution in [3.63, 3.8) is 0 Å². The number of carbonyl (C=O) groups is 2. The molecule has 0 fully saturated rings. The number of aryl methyl sites for hydroxylation is 1. The van der Waals surface area contributed by atoms with Gasteiger partial charge >= 0.3 is 0 Å². The van der Waals surface area contributed by atoms with Crippen molar-refractivity contribution in [2.24, 2.45) is 5.92 Å². The smallest absolute Gasteiger partial charge is 0.271 e. The first-order valence-corrected chi connectivity index (χ1v) is 11.8. The minimum atomic E-state index is -0.988. The van der Waals surface area contributed by atoms with E-state index in [-0.39, 0.29) is 11.8 Å². The van der Waals surface area contributed by atoms with Crippen LogP contribution in [0.5, 0.6) is 0 Å². The number of aromatic nitrogens is 1. The molecular weight excluding hydrogens is 414 g/mol. The molecule has 0 radical (unpaired) electrons. The highest BCUT2D eigenvalue weighted by Crippen LogP contribution is 2.33. The van der Waals surface area contributed by atoms with Gasteiger partial charge < -0.3 is 19.2 Å². The van der Waals surface area contributed by atoms with Gasteiger partial charge in [0.15, 0.2) is 0 Å². The number of amides is 2. The molecule has 0 bridgehead atoms. The molecule has 0 saturated carbocycles. The van der Waals surface area contributed by atoms with Crippen molar-refractivity contribution in [1.29, 1.82) is 0 Å². The highest BCUT2D eigenvalue weighted by atomic mass is 16.3. The molecule has 1 aromatic carbocycles. The lowest BCUT2D eigenvalue weighted by molar-refractivity contribution is -0.132. The van der Waals surface area contributed by atoms with Crippen LogP contribution < -0.4 is 5.32 Å². The largest absolute Gasteiger partial charge is 0.463 e. The first-order chi connectivity index (χ1) is 15.9. The van der Waals surface area contributed by atoms with E-state index in [0.717, 1.165) is 25.0 Å². The summed E-state index contributed by atoms with van der Waals surface area (Å²) in [6, 6.07) is 17.7. The fourth-order valence-electron chi connectivity index (χ4n) is 4.51. The molecule has 2 aromatic heterocycles. The first-order valence-electron chi connectivity index (χ1n) is 11.8. The lowest BCUT2D eigenvalue weighted by Gasteiger charge is -2.44. The minimum Gasteiger partial charge on any atom is -0.463 e. The van der Waals surface area contributed by atoms with E-state index in [0.29, 0.717) is 37.0 Å². The third-order valence-corrected chi connectivity index (χ3v) is 6.47. The maximum absolute atomic E-state index is 13.6. The third-order valence-electron chi connectivity index (χ3n) is 6.47. The normalized spacial score (nSPS) is 17.9. The van der Waals surface area contributed by atoms with E-state index in [1.165, 1.54) is 5.56 Å². The second-order valence-electron chi connectivity index (χ2n) is 9.43. The van der Waals surface area contributed by atoms with E-state index in [1.54, 1.807) is 11.2 Å². The number of nitrogens with zero attached hydrogens (tertiary/aromatic N) is 2. The molecule has 4 rings (SSSR count). The lowest BCUT2D eigenvalue weighted by Crippen LogP contribution is -2.64. The molecule has 6 nitrogen and oxygen atoms in total. The molecule has 2 amide bonds. The Morgan fingerprint density at radius 1 is 1.09 bits per heavy atom. The molecule has 174 valence electrons. The number of hydrogen-bond donors (Lipinski definition) is 1. The van der Waals surface area contributed by atoms with E-state index in [1.807, 2.05) is 54.0 Å².